The summed E-state index contributed by atoms with van der Waals surface area (Å²) in [4.78, 5) is 31.1. The van der Waals surface area contributed by atoms with Crippen molar-refractivity contribution in [1.29, 1.82) is 0 Å². The van der Waals surface area contributed by atoms with Crippen LogP contribution in [0.3, 0.4) is 0 Å². The second-order valence-electron chi connectivity index (χ2n) is 25.6. The molecule has 0 amide bonds. The Labute approximate surface area is 596 Å². The molecular formula is C94H58N6S2. The van der Waals surface area contributed by atoms with Gasteiger partial charge < -0.3 is 0 Å². The standard InChI is InChI=1S/2C47H29N3S/c1-3-13-32(14-4-1)41-29-42(33-15-5-2-6-16-33)50-47(49-41)34-24-22-30(23-25-34)35-26-27-40-39(28-35)46-44(38-19-9-10-21-43(38)51-46)45(48-40)37-20-11-17-31-12-7-8-18-36(31)37;1-3-12-30(13-4-1)31-22-24-33(25-23-31)41-29-42(50-47(49-41)34-15-5-2-6-16-34)35-26-27-40-39(28-35)46-44(38-19-9-10-21-43(38)51-46)45(48-40)37-20-11-17-32-14-7-8-18-36(32)37/h2*1-29H. The third kappa shape index (κ3) is 11.1. The monoisotopic (exact) mass is 1330 g/mol. The van der Waals surface area contributed by atoms with Gasteiger partial charge in [-0.15, -0.1) is 22.7 Å². The molecule has 102 heavy (non-hydrogen) atoms. The van der Waals surface area contributed by atoms with Crippen LogP contribution in [-0.2, 0) is 0 Å². The highest BCUT2D eigenvalue weighted by atomic mass is 32.1. The molecule has 0 bridgehead atoms. The van der Waals surface area contributed by atoms with Crippen LogP contribution < -0.4 is 0 Å². The first-order valence-corrected chi connectivity index (χ1v) is 35.8. The third-order valence-electron chi connectivity index (χ3n) is 19.4. The Hall–Kier alpha value is -13.0. The van der Waals surface area contributed by atoms with Crippen LogP contribution in [0.2, 0.25) is 0 Å². The van der Waals surface area contributed by atoms with Crippen molar-refractivity contribution in [3.8, 4) is 113 Å². The summed E-state index contributed by atoms with van der Waals surface area (Å²) < 4.78 is 5.02. The van der Waals surface area contributed by atoms with Gasteiger partial charge in [-0.05, 0) is 92.3 Å². The van der Waals surface area contributed by atoms with Gasteiger partial charge in [-0.2, -0.15) is 0 Å². The molecule has 0 aliphatic carbocycles. The molecule has 0 saturated carbocycles. The van der Waals surface area contributed by atoms with Crippen LogP contribution in [0, 0.1) is 0 Å². The highest BCUT2D eigenvalue weighted by molar-refractivity contribution is 7.27. The Morgan fingerprint density at radius 3 is 0.990 bits per heavy atom. The van der Waals surface area contributed by atoms with Crippen molar-refractivity contribution >= 4 is 106 Å². The van der Waals surface area contributed by atoms with Crippen LogP contribution in [0.4, 0.5) is 0 Å². The fraction of sp³-hybridized carbons (Fsp3) is 0. The maximum Gasteiger partial charge on any atom is 0.160 e. The molecule has 0 fully saturated rings. The Morgan fingerprint density at radius 1 is 0.196 bits per heavy atom. The molecule has 6 heterocycles. The smallest absolute Gasteiger partial charge is 0.160 e. The summed E-state index contributed by atoms with van der Waals surface area (Å²) in [6, 6.07) is 124. The number of thiophene rings is 2. The summed E-state index contributed by atoms with van der Waals surface area (Å²) in [5.41, 5.74) is 20.7. The van der Waals surface area contributed by atoms with Crippen LogP contribution in [0.1, 0.15) is 0 Å². The predicted molar refractivity (Wildman–Crippen MR) is 430 cm³/mol. The first-order valence-electron chi connectivity index (χ1n) is 34.2. The van der Waals surface area contributed by atoms with Crippen LogP contribution in [0.15, 0.2) is 352 Å². The summed E-state index contributed by atoms with van der Waals surface area (Å²) in [5, 5.41) is 12.0. The Kier molecular flexibility index (Phi) is 15.2. The zero-order valence-corrected chi connectivity index (χ0v) is 56.6. The number of pyridine rings is 2. The topological polar surface area (TPSA) is 77.3 Å². The highest BCUT2D eigenvalue weighted by Gasteiger charge is 2.22. The minimum absolute atomic E-state index is 0.701. The number of benzene rings is 14. The van der Waals surface area contributed by atoms with Gasteiger partial charge in [0.2, 0.25) is 0 Å². The SMILES string of the molecule is c1ccc(-c2cc(-c3ccccc3)nc(-c3ccc(-c4ccc5nc(-c6cccc7ccccc67)c6c7ccccc7sc6c5c4)cc3)n2)cc1.c1ccc(-c2ccc(-c3cc(-c4ccc5nc(-c6cccc7ccccc67)c6c7ccccc7sc6c5c4)nc(-c4ccccc4)n3)cc2)cc1. The largest absolute Gasteiger partial charge is 0.247 e. The molecule has 0 atom stereocenters. The predicted octanol–water partition coefficient (Wildman–Crippen LogP) is 25.8. The average Bonchev–Trinajstić information content (AvgIpc) is 1.65. The summed E-state index contributed by atoms with van der Waals surface area (Å²) in [7, 11) is 0. The Morgan fingerprint density at radius 2 is 0.510 bits per heavy atom. The summed E-state index contributed by atoms with van der Waals surface area (Å²) in [5.74, 6) is 1.41. The van der Waals surface area contributed by atoms with Crippen molar-refractivity contribution < 1.29 is 0 Å². The minimum atomic E-state index is 0.701. The van der Waals surface area contributed by atoms with Gasteiger partial charge in [0.05, 0.1) is 45.2 Å². The summed E-state index contributed by atoms with van der Waals surface area (Å²) in [6.45, 7) is 0. The number of rotatable bonds is 10. The Bertz CT molecular complexity index is 6530. The van der Waals surface area contributed by atoms with E-state index in [1.54, 1.807) is 0 Å². The lowest BCUT2D eigenvalue weighted by molar-refractivity contribution is 1.18. The van der Waals surface area contributed by atoms with Crippen molar-refractivity contribution in [2.24, 2.45) is 0 Å². The number of aromatic nitrogens is 6. The minimum Gasteiger partial charge on any atom is -0.247 e. The molecule has 476 valence electrons. The van der Waals surface area contributed by atoms with Crippen molar-refractivity contribution in [3.05, 3.63) is 352 Å². The van der Waals surface area contributed by atoms with E-state index in [0.29, 0.717) is 11.6 Å². The molecule has 6 aromatic heterocycles. The quantitative estimate of drug-likeness (QED) is 0.136. The van der Waals surface area contributed by atoms with Crippen LogP contribution in [0.25, 0.3) is 196 Å². The first kappa shape index (κ1) is 60.2. The Balaban J connectivity index is 0.000000141. The third-order valence-corrected chi connectivity index (χ3v) is 21.8. The lowest BCUT2D eigenvalue weighted by Gasteiger charge is -2.13. The molecule has 0 spiro atoms. The van der Waals surface area contributed by atoms with E-state index in [1.807, 2.05) is 83.3 Å². The van der Waals surface area contributed by atoms with Crippen LogP contribution in [0.5, 0.6) is 0 Å². The zero-order valence-electron chi connectivity index (χ0n) is 55.0. The van der Waals surface area contributed by atoms with E-state index in [-0.39, 0.29) is 0 Å². The van der Waals surface area contributed by atoms with Crippen molar-refractivity contribution in [2.45, 2.75) is 0 Å². The molecule has 6 nitrogen and oxygen atoms in total. The number of hydrogen-bond donors (Lipinski definition) is 0. The fourth-order valence-corrected chi connectivity index (χ4v) is 16.8. The van der Waals surface area contributed by atoms with E-state index < -0.39 is 0 Å². The average molecular weight is 1340 g/mol. The molecule has 0 saturated heterocycles. The van der Waals surface area contributed by atoms with Crippen LogP contribution in [-0.4, -0.2) is 29.9 Å². The van der Waals surface area contributed by atoms with E-state index in [4.69, 9.17) is 29.9 Å². The molecule has 14 aromatic carbocycles. The van der Waals surface area contributed by atoms with Crippen LogP contribution >= 0.6 is 22.7 Å². The normalized spacial score (nSPS) is 11.5. The number of hydrogen-bond acceptors (Lipinski definition) is 8. The van der Waals surface area contributed by atoms with Gasteiger partial charge >= 0.3 is 0 Å². The maximum atomic E-state index is 5.42. The molecule has 0 aliphatic heterocycles. The van der Waals surface area contributed by atoms with Crippen molar-refractivity contribution in [3.63, 3.8) is 0 Å². The second kappa shape index (κ2) is 25.7. The van der Waals surface area contributed by atoms with Crippen molar-refractivity contribution in [1.82, 2.24) is 29.9 Å². The molecule has 0 radical (unpaired) electrons. The molecule has 0 N–H and O–H groups in total. The molecule has 0 unspecified atom stereocenters. The van der Waals surface area contributed by atoms with Gasteiger partial charge in [0.25, 0.3) is 0 Å². The van der Waals surface area contributed by atoms with Gasteiger partial charge in [-0.3, -0.25) is 0 Å². The second-order valence-corrected chi connectivity index (χ2v) is 27.7. The van der Waals surface area contributed by atoms with E-state index in [0.717, 1.165) is 106 Å². The first-order chi connectivity index (χ1) is 50.5. The molecular weight excluding hydrogens is 1280 g/mol. The van der Waals surface area contributed by atoms with Gasteiger partial charge in [0.15, 0.2) is 11.6 Å². The molecule has 20 aromatic rings. The van der Waals surface area contributed by atoms with Crippen molar-refractivity contribution in [2.75, 3.05) is 0 Å². The number of fused-ring (bicyclic) bond motifs is 12. The van der Waals surface area contributed by atoms with E-state index in [9.17, 15) is 0 Å². The lowest BCUT2D eigenvalue weighted by atomic mass is 9.96. The van der Waals surface area contributed by atoms with Gasteiger partial charge in [-0.1, -0.05) is 303 Å². The highest BCUT2D eigenvalue weighted by Crippen LogP contribution is 2.47. The zero-order chi connectivity index (χ0) is 67.5. The molecule has 0 aliphatic rings. The molecule has 8 heteroatoms. The van der Waals surface area contributed by atoms with E-state index >= 15 is 0 Å². The summed E-state index contributed by atoms with van der Waals surface area (Å²) >= 11 is 3.69. The van der Waals surface area contributed by atoms with E-state index in [2.05, 4.69) is 291 Å². The van der Waals surface area contributed by atoms with E-state index in [1.165, 1.54) is 78.4 Å². The fourth-order valence-electron chi connectivity index (χ4n) is 14.3. The van der Waals surface area contributed by atoms with Gasteiger partial charge in [-0.25, -0.2) is 29.9 Å². The summed E-state index contributed by atoms with van der Waals surface area (Å²) in [6.07, 6.45) is 0. The molecule has 20 rings (SSSR count). The lowest BCUT2D eigenvalue weighted by Crippen LogP contribution is -1.96. The van der Waals surface area contributed by atoms with Gasteiger partial charge in [0.1, 0.15) is 0 Å². The maximum absolute atomic E-state index is 5.42. The number of nitrogens with zero attached hydrogens (tertiary/aromatic N) is 6. The van der Waals surface area contributed by atoms with Gasteiger partial charge in [0, 0.05) is 95.6 Å².